The lowest BCUT2D eigenvalue weighted by Crippen LogP contribution is -2.43. The van der Waals surface area contributed by atoms with Gasteiger partial charge in [0.2, 0.25) is 10.8 Å². The minimum atomic E-state index is -0.272. The van der Waals surface area contributed by atoms with E-state index < -0.39 is 0 Å². The fraction of sp³-hybridized carbons (Fsp3) is 0.500. The smallest absolute Gasteiger partial charge is 0.278 e. The maximum absolute atomic E-state index is 12.3. The molecule has 2 rings (SSSR count). The van der Waals surface area contributed by atoms with Crippen molar-refractivity contribution in [2.45, 2.75) is 0 Å². The van der Waals surface area contributed by atoms with Crippen LogP contribution in [0.2, 0.25) is 0 Å². The SMILES string of the molecule is NCCN(CCNCCN1C(=O)C=C(B(P)I)C1=O)CCN1C(=O)C=C(PBI)C1=O. The summed E-state index contributed by atoms with van der Waals surface area (Å²) in [5.74, 6) is -0.929. The van der Waals surface area contributed by atoms with E-state index in [9.17, 15) is 19.2 Å². The number of imide groups is 2. The number of rotatable bonds is 14. The van der Waals surface area contributed by atoms with E-state index in [0.29, 0.717) is 71.6 Å². The first-order valence-corrected chi connectivity index (χ1v) is 14.4. The molecule has 0 fully saturated rings. The number of carbonyl (C=O) groups excluding carboxylic acids is 4. The summed E-state index contributed by atoms with van der Waals surface area (Å²) < 4.78 is -0.0838. The van der Waals surface area contributed by atoms with E-state index in [2.05, 4.69) is 64.1 Å². The highest BCUT2D eigenvalue weighted by Crippen LogP contribution is 2.29. The average Bonchev–Trinajstić information content (AvgIpc) is 3.15. The molecule has 2 heterocycles. The molecule has 0 aromatic heterocycles. The van der Waals surface area contributed by atoms with E-state index in [1.165, 1.54) is 22.0 Å². The van der Waals surface area contributed by atoms with E-state index in [0.717, 1.165) is 4.86 Å². The highest BCUT2D eigenvalue weighted by molar-refractivity contribution is 14.1. The van der Waals surface area contributed by atoms with Gasteiger partial charge in [-0.25, -0.2) is 0 Å². The van der Waals surface area contributed by atoms with Crippen molar-refractivity contribution in [3.8, 4) is 0 Å². The predicted octanol–water partition coefficient (Wildman–Crippen LogP) is -0.898. The van der Waals surface area contributed by atoms with E-state index in [-0.39, 0.29) is 27.9 Å². The van der Waals surface area contributed by atoms with Gasteiger partial charge in [0.1, 0.15) is 0 Å². The fourth-order valence-electron chi connectivity index (χ4n) is 3.17. The van der Waals surface area contributed by atoms with E-state index in [1.807, 2.05) is 0 Å². The molecule has 168 valence electrons. The lowest BCUT2D eigenvalue weighted by Gasteiger charge is -2.24. The van der Waals surface area contributed by atoms with Crippen LogP contribution in [0, 0.1) is 0 Å². The summed E-state index contributed by atoms with van der Waals surface area (Å²) in [6, 6.07) is 0. The van der Waals surface area contributed by atoms with Crippen LogP contribution in [0.1, 0.15) is 0 Å². The Hall–Kier alpha value is 0.0899. The molecule has 0 spiro atoms. The molecular weight excluding hydrogens is 664 g/mol. The molecule has 31 heavy (non-hydrogen) atoms. The van der Waals surface area contributed by atoms with Gasteiger partial charge in [0, 0.05) is 75.3 Å². The average molecular weight is 689 g/mol. The zero-order chi connectivity index (χ0) is 23.0. The molecule has 0 radical (unpaired) electrons. The van der Waals surface area contributed by atoms with E-state index >= 15 is 0 Å². The Kier molecular flexibility index (Phi) is 12.1. The van der Waals surface area contributed by atoms with Gasteiger partial charge in [0.25, 0.3) is 22.0 Å². The van der Waals surface area contributed by atoms with Gasteiger partial charge in [-0.2, -0.15) is 9.12 Å². The molecule has 2 aliphatic heterocycles. The highest BCUT2D eigenvalue weighted by Gasteiger charge is 2.33. The third kappa shape index (κ3) is 7.82. The molecule has 0 aromatic carbocycles. The summed E-state index contributed by atoms with van der Waals surface area (Å²) in [6.45, 7) is 4.12. The lowest BCUT2D eigenvalue weighted by atomic mass is 9.94. The van der Waals surface area contributed by atoms with Gasteiger partial charge in [-0.3, -0.25) is 33.9 Å². The molecule has 15 heteroatoms. The summed E-state index contributed by atoms with van der Waals surface area (Å²) >= 11 is 4.29. The second-order valence-electron chi connectivity index (χ2n) is 6.84. The van der Waals surface area contributed by atoms with E-state index in [1.54, 1.807) is 0 Å². The molecule has 0 saturated carbocycles. The summed E-state index contributed by atoms with van der Waals surface area (Å²) in [5, 5.41) is 3.84. The Bertz CT molecular complexity index is 787. The number of halogens is 2. The zero-order valence-electron chi connectivity index (χ0n) is 17.0. The summed E-state index contributed by atoms with van der Waals surface area (Å²) in [6.07, 6.45) is 2.85. The van der Waals surface area contributed by atoms with Crippen LogP contribution in [0.5, 0.6) is 0 Å². The monoisotopic (exact) mass is 689 g/mol. The van der Waals surface area contributed by atoms with Crippen molar-refractivity contribution in [1.82, 2.24) is 20.0 Å². The Morgan fingerprint density at radius 1 is 1.06 bits per heavy atom. The molecule has 2 unspecified atom stereocenters. The molecule has 3 N–H and O–H groups in total. The third-order valence-corrected chi connectivity index (χ3v) is 7.85. The van der Waals surface area contributed by atoms with Crippen molar-refractivity contribution >= 4 is 95.1 Å². The number of nitrogens with one attached hydrogen (secondary N) is 1. The largest absolute Gasteiger partial charge is 0.329 e. The number of nitrogens with two attached hydrogens (primary N) is 1. The van der Waals surface area contributed by atoms with Gasteiger partial charge in [0.05, 0.1) is 0 Å². The quantitative estimate of drug-likeness (QED) is 0.0800. The molecular formula is C16H25B2I2N5O4P2. The second-order valence-corrected chi connectivity index (χ2v) is 13.7. The number of hydrogen-bond donors (Lipinski definition) is 2. The van der Waals surface area contributed by atoms with Crippen molar-refractivity contribution in [1.29, 1.82) is 0 Å². The highest BCUT2D eigenvalue weighted by atomic mass is 127. The Balaban J connectivity index is 1.71. The van der Waals surface area contributed by atoms with Gasteiger partial charge in [0.15, 0.2) is 0 Å². The first kappa shape index (κ1) is 27.3. The molecule has 0 bridgehead atoms. The minimum Gasteiger partial charge on any atom is -0.329 e. The van der Waals surface area contributed by atoms with Crippen LogP contribution in [-0.4, -0.2) is 99.8 Å². The molecule has 0 aliphatic carbocycles. The topological polar surface area (TPSA) is 116 Å². The summed E-state index contributed by atoms with van der Waals surface area (Å²) in [7, 11) is 2.87. The molecule has 2 aliphatic rings. The zero-order valence-corrected chi connectivity index (χ0v) is 23.5. The maximum atomic E-state index is 12.3. The first-order chi connectivity index (χ1) is 14.8. The first-order valence-electron chi connectivity index (χ1n) is 9.77. The minimum absolute atomic E-state index is 0.0838. The van der Waals surface area contributed by atoms with Gasteiger partial charge < -0.3 is 11.1 Å². The van der Waals surface area contributed by atoms with Crippen LogP contribution in [0.3, 0.4) is 0 Å². The molecule has 2 atom stereocenters. The van der Waals surface area contributed by atoms with Gasteiger partial charge in [-0.1, -0.05) is 0 Å². The summed E-state index contributed by atoms with van der Waals surface area (Å²) in [5.41, 5.74) is 6.21. The third-order valence-electron chi connectivity index (χ3n) is 4.80. The molecule has 4 amide bonds. The van der Waals surface area contributed by atoms with Crippen LogP contribution in [-0.2, 0) is 19.2 Å². The summed E-state index contributed by atoms with van der Waals surface area (Å²) in [4.78, 5) is 54.1. The van der Waals surface area contributed by atoms with Gasteiger partial charge >= 0.3 is 0 Å². The number of nitrogens with zero attached hydrogens (tertiary/aromatic N) is 3. The van der Waals surface area contributed by atoms with Gasteiger partial charge in [-0.05, 0) is 0 Å². The van der Waals surface area contributed by atoms with Crippen LogP contribution in [0.15, 0.2) is 22.9 Å². The fourth-order valence-corrected chi connectivity index (χ4v) is 5.74. The van der Waals surface area contributed by atoms with Crippen LogP contribution < -0.4 is 11.1 Å². The van der Waals surface area contributed by atoms with Crippen molar-refractivity contribution in [2.75, 3.05) is 52.4 Å². The molecule has 0 saturated heterocycles. The van der Waals surface area contributed by atoms with Crippen LogP contribution >= 0.6 is 62.3 Å². The standard InChI is InChI=1S/C16H25B2I2N5O4P2/c19-17-31-12-10-14(27)25(16(12)29)8-7-23(4-1-21)5-2-22-3-6-24-13(26)9-11(15(24)28)18(20)30/h9-10,17,22,31H,1-8,21,30H2. The van der Waals surface area contributed by atoms with Crippen LogP contribution in [0.4, 0.5) is 0 Å². The number of carbonyl (C=O) groups is 4. The second kappa shape index (κ2) is 13.7. The number of amides is 4. The van der Waals surface area contributed by atoms with Gasteiger partial charge in [-0.15, -0.1) is 53.2 Å². The Morgan fingerprint density at radius 2 is 1.74 bits per heavy atom. The van der Waals surface area contributed by atoms with Crippen LogP contribution in [0.25, 0.3) is 0 Å². The molecule has 0 aromatic rings. The Morgan fingerprint density at radius 3 is 2.35 bits per heavy atom. The van der Waals surface area contributed by atoms with Crippen molar-refractivity contribution in [3.05, 3.63) is 22.9 Å². The van der Waals surface area contributed by atoms with Crippen molar-refractivity contribution in [3.63, 3.8) is 0 Å². The lowest BCUT2D eigenvalue weighted by molar-refractivity contribution is -0.138. The molecule has 9 nitrogen and oxygen atoms in total. The Labute approximate surface area is 214 Å². The number of hydrogen-bond acceptors (Lipinski definition) is 7. The van der Waals surface area contributed by atoms with Crippen molar-refractivity contribution in [2.24, 2.45) is 5.73 Å². The predicted molar refractivity (Wildman–Crippen MR) is 147 cm³/mol. The maximum Gasteiger partial charge on any atom is 0.278 e. The van der Waals surface area contributed by atoms with Crippen molar-refractivity contribution < 1.29 is 19.2 Å². The normalized spacial score (nSPS) is 16.9. The van der Waals surface area contributed by atoms with E-state index in [4.69, 9.17) is 5.73 Å².